The van der Waals surface area contributed by atoms with Crippen LogP contribution in [0.2, 0.25) is 0 Å². The Labute approximate surface area is 177 Å². The van der Waals surface area contributed by atoms with E-state index in [-0.39, 0.29) is 0 Å². The molecule has 0 saturated heterocycles. The molecule has 14 heteroatoms. The van der Waals surface area contributed by atoms with Crippen LogP contribution in [0.5, 0.6) is 0 Å². The van der Waals surface area contributed by atoms with Crippen molar-refractivity contribution in [1.82, 2.24) is 19.1 Å². The van der Waals surface area contributed by atoms with Gasteiger partial charge in [-0.1, -0.05) is 20.5 Å². The summed E-state index contributed by atoms with van der Waals surface area (Å²) < 4.78 is 3.29. The lowest BCUT2D eigenvalue weighted by atomic mass is 10.2. The fraction of sp³-hybridized carbons (Fsp3) is 0. The fourth-order valence-corrected chi connectivity index (χ4v) is 3.33. The molecule has 0 bridgehead atoms. The van der Waals surface area contributed by atoms with Gasteiger partial charge in [0.25, 0.3) is 0 Å². The molecule has 4 rings (SSSR count). The number of nitrogens with zero attached hydrogens (tertiary/aromatic N) is 12. The van der Waals surface area contributed by atoms with Crippen LogP contribution in [0.15, 0.2) is 57.5 Å². The normalized spacial score (nSPS) is 11.6. The second kappa shape index (κ2) is 8.59. The summed E-state index contributed by atoms with van der Waals surface area (Å²) in [5.74, 6) is 0. The van der Waals surface area contributed by atoms with Crippen molar-refractivity contribution >= 4 is 58.3 Å². The van der Waals surface area contributed by atoms with E-state index in [0.29, 0.717) is 44.6 Å². The minimum absolute atomic E-state index is 0.327. The van der Waals surface area contributed by atoms with E-state index in [2.05, 4.69) is 40.3 Å². The quantitative estimate of drug-likeness (QED) is 0.109. The van der Waals surface area contributed by atoms with E-state index in [9.17, 15) is 0 Å². The monoisotopic (exact) mass is 428 g/mol. The van der Waals surface area contributed by atoms with Gasteiger partial charge in [-0.3, -0.25) is 0 Å². The molecule has 0 aliphatic rings. The van der Waals surface area contributed by atoms with Crippen molar-refractivity contribution < 1.29 is 10.4 Å². The Morgan fingerprint density at radius 2 is 1.22 bits per heavy atom. The Morgan fingerprint density at radius 3 is 1.59 bits per heavy atom. The first kappa shape index (κ1) is 20.0. The number of fused-ring (bicyclic) bond motifs is 2. The van der Waals surface area contributed by atoms with E-state index in [1.807, 2.05) is 0 Å². The number of hydrogen-bond acceptors (Lipinski definition) is 8. The molecule has 0 unspecified atom stereocenters. The Morgan fingerprint density at radius 1 is 0.781 bits per heavy atom. The van der Waals surface area contributed by atoms with E-state index in [1.54, 1.807) is 46.1 Å². The Hall–Kier alpha value is -5.32. The second-order valence-electron chi connectivity index (χ2n) is 6.21. The molecule has 0 aliphatic heterocycles. The standard InChI is InChI=1S/C18H12N12O2/c19-27-25-13-1-3-21-17-15(13)11(7-23-31)9-29(17)5-6-30-10-12(8-24-32)16-14(26-28-20)2-4-22-18(16)30/h1-10,31-32H/b6-5+,23-7+,24-8+. The third-order valence-corrected chi connectivity index (χ3v) is 4.53. The highest BCUT2D eigenvalue weighted by Crippen LogP contribution is 2.31. The topological polar surface area (TPSA) is 198 Å². The summed E-state index contributed by atoms with van der Waals surface area (Å²) in [6.07, 6.45) is 12.0. The zero-order chi connectivity index (χ0) is 22.5. The number of oxime groups is 2. The number of azide groups is 2. The third-order valence-electron chi connectivity index (χ3n) is 4.53. The molecule has 0 radical (unpaired) electrons. The van der Waals surface area contributed by atoms with Crippen molar-refractivity contribution in [2.75, 3.05) is 0 Å². The van der Waals surface area contributed by atoms with Crippen molar-refractivity contribution in [2.24, 2.45) is 20.5 Å². The van der Waals surface area contributed by atoms with E-state index in [4.69, 9.17) is 21.5 Å². The van der Waals surface area contributed by atoms with Crippen LogP contribution in [-0.4, -0.2) is 41.9 Å². The SMILES string of the molecule is [N-]=[N+]=Nc1ccnc2c1c(/C=N/O)cn2/C=C/n1cc(/C=N/O)c2c(N=[N+]=[N-])ccnc21. The molecule has 0 aliphatic carbocycles. The van der Waals surface area contributed by atoms with Crippen molar-refractivity contribution in [3.63, 3.8) is 0 Å². The van der Waals surface area contributed by atoms with Crippen molar-refractivity contribution in [2.45, 2.75) is 0 Å². The maximum absolute atomic E-state index is 9.00. The van der Waals surface area contributed by atoms with Gasteiger partial charge in [0.15, 0.2) is 0 Å². The first-order chi connectivity index (χ1) is 15.7. The largest absolute Gasteiger partial charge is 0.411 e. The minimum atomic E-state index is 0.327. The van der Waals surface area contributed by atoms with Gasteiger partial charge in [-0.05, 0) is 23.2 Å². The number of aromatic nitrogens is 4. The molecular weight excluding hydrogens is 416 g/mol. The number of hydrogen-bond donors (Lipinski definition) is 2. The Balaban J connectivity index is 1.91. The third kappa shape index (κ3) is 3.41. The van der Waals surface area contributed by atoms with Crippen LogP contribution >= 0.6 is 0 Å². The predicted octanol–water partition coefficient (Wildman–Crippen LogP) is 4.97. The summed E-state index contributed by atoms with van der Waals surface area (Å²) in [5.41, 5.74) is 20.2. The van der Waals surface area contributed by atoms with Gasteiger partial charge in [-0.15, -0.1) is 0 Å². The minimum Gasteiger partial charge on any atom is -0.411 e. The van der Waals surface area contributed by atoms with E-state index in [0.717, 1.165) is 0 Å². The van der Waals surface area contributed by atoms with E-state index < -0.39 is 0 Å². The molecule has 0 aromatic carbocycles. The zero-order valence-electron chi connectivity index (χ0n) is 16.0. The van der Waals surface area contributed by atoms with Gasteiger partial charge < -0.3 is 19.5 Å². The molecule has 4 aromatic heterocycles. The molecule has 4 aromatic rings. The van der Waals surface area contributed by atoms with Crippen LogP contribution in [0, 0.1) is 0 Å². The summed E-state index contributed by atoms with van der Waals surface area (Å²) >= 11 is 0. The fourth-order valence-electron chi connectivity index (χ4n) is 3.33. The molecule has 2 N–H and O–H groups in total. The summed E-state index contributed by atoms with van der Waals surface area (Å²) in [5, 5.41) is 32.5. The number of rotatable bonds is 6. The van der Waals surface area contributed by atoms with Crippen LogP contribution in [0.1, 0.15) is 11.1 Å². The molecule has 32 heavy (non-hydrogen) atoms. The van der Waals surface area contributed by atoms with Gasteiger partial charge in [0.2, 0.25) is 0 Å². The molecular formula is C18H12N12O2. The molecule has 0 saturated carbocycles. The first-order valence-electron chi connectivity index (χ1n) is 8.84. The molecule has 0 amide bonds. The lowest BCUT2D eigenvalue weighted by Gasteiger charge is -2.01. The predicted molar refractivity (Wildman–Crippen MR) is 117 cm³/mol. The van der Waals surface area contributed by atoms with Crippen molar-refractivity contribution in [3.05, 3.63) is 68.9 Å². The van der Waals surface area contributed by atoms with Crippen LogP contribution in [0.25, 0.3) is 55.4 Å². The first-order valence-corrected chi connectivity index (χ1v) is 8.84. The lowest BCUT2D eigenvalue weighted by Crippen LogP contribution is -1.90. The maximum atomic E-state index is 9.00. The van der Waals surface area contributed by atoms with Crippen LogP contribution in [0.3, 0.4) is 0 Å². The van der Waals surface area contributed by atoms with Gasteiger partial charge in [-0.25, -0.2) is 9.97 Å². The van der Waals surface area contributed by atoms with Gasteiger partial charge in [0, 0.05) is 68.9 Å². The Bertz CT molecular complexity index is 1400. The van der Waals surface area contributed by atoms with Gasteiger partial charge in [0.1, 0.15) is 11.3 Å². The molecule has 0 spiro atoms. The smallest absolute Gasteiger partial charge is 0.145 e. The van der Waals surface area contributed by atoms with Crippen molar-refractivity contribution in [1.29, 1.82) is 0 Å². The highest BCUT2D eigenvalue weighted by molar-refractivity contribution is 6.05. The van der Waals surface area contributed by atoms with Crippen LogP contribution in [0.4, 0.5) is 11.4 Å². The lowest BCUT2D eigenvalue weighted by molar-refractivity contribution is 0.321. The molecule has 0 fully saturated rings. The molecule has 14 nitrogen and oxygen atoms in total. The maximum Gasteiger partial charge on any atom is 0.145 e. The zero-order valence-corrected chi connectivity index (χ0v) is 16.0. The van der Waals surface area contributed by atoms with Crippen LogP contribution < -0.4 is 0 Å². The van der Waals surface area contributed by atoms with Gasteiger partial charge in [0.05, 0.1) is 23.8 Å². The summed E-state index contributed by atoms with van der Waals surface area (Å²) in [6, 6.07) is 3.10. The average Bonchev–Trinajstić information content (AvgIpc) is 3.33. The average molecular weight is 428 g/mol. The summed E-state index contributed by atoms with van der Waals surface area (Å²) in [6.45, 7) is 0. The highest BCUT2D eigenvalue weighted by atomic mass is 16.4. The highest BCUT2D eigenvalue weighted by Gasteiger charge is 2.13. The molecule has 0 atom stereocenters. The van der Waals surface area contributed by atoms with Crippen LogP contribution in [-0.2, 0) is 0 Å². The second-order valence-corrected chi connectivity index (χ2v) is 6.21. The summed E-state index contributed by atoms with van der Waals surface area (Å²) in [7, 11) is 0. The number of pyridine rings is 2. The van der Waals surface area contributed by atoms with E-state index >= 15 is 0 Å². The summed E-state index contributed by atoms with van der Waals surface area (Å²) in [4.78, 5) is 14.3. The van der Waals surface area contributed by atoms with Crippen molar-refractivity contribution in [3.8, 4) is 0 Å². The molecule has 156 valence electrons. The van der Waals surface area contributed by atoms with E-state index in [1.165, 1.54) is 24.8 Å². The molecule has 4 heterocycles. The van der Waals surface area contributed by atoms with Gasteiger partial charge >= 0.3 is 0 Å². The Kier molecular flexibility index (Phi) is 5.36. The van der Waals surface area contributed by atoms with Gasteiger partial charge in [-0.2, -0.15) is 0 Å².